The maximum absolute atomic E-state index is 9.72. The lowest BCUT2D eigenvalue weighted by Crippen LogP contribution is -2.17. The van der Waals surface area contributed by atoms with E-state index in [1.54, 1.807) is 25.3 Å². The molecule has 0 radical (unpaired) electrons. The van der Waals surface area contributed by atoms with Crippen molar-refractivity contribution < 1.29 is 9.84 Å². The predicted molar refractivity (Wildman–Crippen MR) is 88.1 cm³/mol. The van der Waals surface area contributed by atoms with Gasteiger partial charge in [0.1, 0.15) is 16.5 Å². The van der Waals surface area contributed by atoms with Crippen LogP contribution >= 0.6 is 12.2 Å². The fraction of sp³-hybridized carbons (Fsp3) is 0.125. The third kappa shape index (κ3) is 4.57. The van der Waals surface area contributed by atoms with Crippen LogP contribution in [0.1, 0.15) is 11.1 Å². The minimum atomic E-state index is 0.135. The van der Waals surface area contributed by atoms with Gasteiger partial charge >= 0.3 is 0 Å². The largest absolute Gasteiger partial charge is 0.507 e. The number of nitrogens with one attached hydrogen (secondary N) is 1. The summed E-state index contributed by atoms with van der Waals surface area (Å²) in [5, 5.41) is 13.8. The molecule has 108 valence electrons. The molecule has 0 amide bonds. The summed E-state index contributed by atoms with van der Waals surface area (Å²) in [7, 11) is 1.57. The van der Waals surface area contributed by atoms with E-state index in [4.69, 9.17) is 17.0 Å². The Labute approximate surface area is 129 Å². The molecule has 0 aromatic heterocycles. The topological polar surface area (TPSA) is 53.9 Å². The van der Waals surface area contributed by atoms with E-state index < -0.39 is 0 Å². The number of nitrogens with zero attached hydrogens (tertiary/aromatic N) is 1. The molecule has 2 aromatic rings. The van der Waals surface area contributed by atoms with Crippen molar-refractivity contribution in [1.29, 1.82) is 0 Å². The van der Waals surface area contributed by atoms with Crippen LogP contribution in [0.5, 0.6) is 11.5 Å². The average Bonchev–Trinajstić information content (AvgIpc) is 2.50. The van der Waals surface area contributed by atoms with Crippen molar-refractivity contribution in [2.45, 2.75) is 6.42 Å². The van der Waals surface area contributed by atoms with E-state index in [1.165, 1.54) is 6.21 Å². The smallest absolute Gasteiger partial charge is 0.124 e. The Kier molecular flexibility index (Phi) is 5.29. The first-order valence-electron chi connectivity index (χ1n) is 6.42. The summed E-state index contributed by atoms with van der Waals surface area (Å²) in [4.78, 5) is 0.611. The lowest BCUT2D eigenvalue weighted by Gasteiger charge is -2.04. The highest BCUT2D eigenvalue weighted by atomic mass is 32.1. The molecule has 2 N–H and O–H groups in total. The van der Waals surface area contributed by atoms with Crippen molar-refractivity contribution >= 4 is 23.4 Å². The van der Waals surface area contributed by atoms with E-state index in [2.05, 4.69) is 10.5 Å². The van der Waals surface area contributed by atoms with Crippen LogP contribution in [-0.4, -0.2) is 23.4 Å². The minimum Gasteiger partial charge on any atom is -0.507 e. The number of hydrogen-bond acceptors (Lipinski definition) is 4. The first-order chi connectivity index (χ1) is 10.2. The zero-order chi connectivity index (χ0) is 15.1. The van der Waals surface area contributed by atoms with Gasteiger partial charge in [-0.25, -0.2) is 0 Å². The number of hydrogen-bond donors (Lipinski definition) is 2. The number of phenolic OH excluding ortho intramolecular Hbond substituents is 1. The summed E-state index contributed by atoms with van der Waals surface area (Å²) in [5.41, 5.74) is 4.47. The monoisotopic (exact) mass is 300 g/mol. The van der Waals surface area contributed by atoms with Crippen LogP contribution in [0.15, 0.2) is 53.6 Å². The number of rotatable bonds is 5. The fourth-order valence-corrected chi connectivity index (χ4v) is 1.98. The summed E-state index contributed by atoms with van der Waals surface area (Å²) in [6, 6.07) is 14.8. The zero-order valence-electron chi connectivity index (χ0n) is 11.6. The highest BCUT2D eigenvalue weighted by Gasteiger charge is 2.01. The molecule has 0 bridgehead atoms. The highest BCUT2D eigenvalue weighted by molar-refractivity contribution is 7.80. The summed E-state index contributed by atoms with van der Waals surface area (Å²) < 4.78 is 5.10. The lowest BCUT2D eigenvalue weighted by atomic mass is 10.1. The van der Waals surface area contributed by atoms with Crippen molar-refractivity contribution in [1.82, 2.24) is 5.43 Å². The van der Waals surface area contributed by atoms with Crippen LogP contribution in [0.3, 0.4) is 0 Å². The van der Waals surface area contributed by atoms with E-state index in [0.717, 1.165) is 5.56 Å². The van der Waals surface area contributed by atoms with Gasteiger partial charge in [-0.2, -0.15) is 5.10 Å². The molecule has 0 atom stereocenters. The highest BCUT2D eigenvalue weighted by Crippen LogP contribution is 2.20. The van der Waals surface area contributed by atoms with Gasteiger partial charge in [0.15, 0.2) is 0 Å². The molecule has 0 saturated carbocycles. The molecule has 2 rings (SSSR count). The van der Waals surface area contributed by atoms with E-state index in [9.17, 15) is 5.11 Å². The summed E-state index contributed by atoms with van der Waals surface area (Å²) in [6.45, 7) is 0. The zero-order valence-corrected chi connectivity index (χ0v) is 12.4. The predicted octanol–water partition coefficient (Wildman–Crippen LogP) is 2.89. The molecule has 0 saturated heterocycles. The first-order valence-corrected chi connectivity index (χ1v) is 6.82. The number of phenols is 1. The molecule has 2 aromatic carbocycles. The Bertz CT molecular complexity index is 642. The number of benzene rings is 2. The third-order valence-corrected chi connectivity index (χ3v) is 3.07. The Hall–Kier alpha value is -2.40. The van der Waals surface area contributed by atoms with Crippen LogP contribution in [0.25, 0.3) is 0 Å². The van der Waals surface area contributed by atoms with Crippen LogP contribution < -0.4 is 10.2 Å². The molecule has 21 heavy (non-hydrogen) atoms. The van der Waals surface area contributed by atoms with Gasteiger partial charge in [-0.3, -0.25) is 5.43 Å². The number of thiocarbonyl (C=S) groups is 1. The normalized spacial score (nSPS) is 10.5. The molecule has 0 aliphatic rings. The molecule has 0 aliphatic carbocycles. The first kappa shape index (κ1) is 15.0. The second-order valence-electron chi connectivity index (χ2n) is 4.38. The number of ether oxygens (including phenoxy) is 1. The second-order valence-corrected chi connectivity index (χ2v) is 4.87. The molecule has 0 spiro atoms. The third-order valence-electron chi connectivity index (χ3n) is 2.84. The van der Waals surface area contributed by atoms with Gasteiger partial charge in [-0.15, -0.1) is 0 Å². The molecular formula is C16H16N2O2S. The van der Waals surface area contributed by atoms with Crippen molar-refractivity contribution in [3.63, 3.8) is 0 Å². The van der Waals surface area contributed by atoms with Crippen molar-refractivity contribution in [3.05, 3.63) is 59.7 Å². The molecule has 0 fully saturated rings. The van der Waals surface area contributed by atoms with Crippen LogP contribution in [-0.2, 0) is 6.42 Å². The van der Waals surface area contributed by atoms with Gasteiger partial charge in [0.25, 0.3) is 0 Å². The Morgan fingerprint density at radius 2 is 2.05 bits per heavy atom. The van der Waals surface area contributed by atoms with Gasteiger partial charge in [-0.1, -0.05) is 42.5 Å². The maximum atomic E-state index is 9.72. The summed E-state index contributed by atoms with van der Waals surface area (Å²) in [6.07, 6.45) is 2.13. The molecule has 0 heterocycles. The Morgan fingerprint density at radius 3 is 2.76 bits per heavy atom. The van der Waals surface area contributed by atoms with Crippen molar-refractivity contribution in [3.8, 4) is 11.5 Å². The Morgan fingerprint density at radius 1 is 1.29 bits per heavy atom. The van der Waals surface area contributed by atoms with Crippen LogP contribution in [0.4, 0.5) is 0 Å². The number of hydrazone groups is 1. The van der Waals surface area contributed by atoms with E-state index in [1.807, 2.05) is 30.3 Å². The minimum absolute atomic E-state index is 0.135. The van der Waals surface area contributed by atoms with Gasteiger partial charge in [0.05, 0.1) is 13.3 Å². The van der Waals surface area contributed by atoms with Gasteiger partial charge in [0, 0.05) is 12.0 Å². The number of aromatic hydroxyl groups is 1. The maximum Gasteiger partial charge on any atom is 0.124 e. The second kappa shape index (κ2) is 7.40. The van der Waals surface area contributed by atoms with Gasteiger partial charge in [-0.05, 0) is 23.8 Å². The van der Waals surface area contributed by atoms with E-state index >= 15 is 0 Å². The summed E-state index contributed by atoms with van der Waals surface area (Å²) in [5.74, 6) is 0.788. The molecular weight excluding hydrogens is 284 g/mol. The lowest BCUT2D eigenvalue weighted by molar-refractivity contribution is 0.412. The summed E-state index contributed by atoms with van der Waals surface area (Å²) >= 11 is 5.22. The molecule has 0 unspecified atom stereocenters. The molecule has 4 nitrogen and oxygen atoms in total. The number of methoxy groups -OCH3 is 1. The van der Waals surface area contributed by atoms with Gasteiger partial charge < -0.3 is 9.84 Å². The van der Waals surface area contributed by atoms with Crippen LogP contribution in [0, 0.1) is 0 Å². The van der Waals surface area contributed by atoms with Crippen molar-refractivity contribution in [2.24, 2.45) is 5.10 Å². The van der Waals surface area contributed by atoms with Crippen molar-refractivity contribution in [2.75, 3.05) is 7.11 Å². The quantitative estimate of drug-likeness (QED) is 0.506. The molecule has 0 aliphatic heterocycles. The Balaban J connectivity index is 1.94. The average molecular weight is 300 g/mol. The van der Waals surface area contributed by atoms with Crippen LogP contribution in [0.2, 0.25) is 0 Å². The molecule has 5 heteroatoms. The van der Waals surface area contributed by atoms with E-state index in [-0.39, 0.29) is 5.75 Å². The van der Waals surface area contributed by atoms with Gasteiger partial charge in [0.2, 0.25) is 0 Å². The fourth-order valence-electron chi connectivity index (χ4n) is 1.76. The SMILES string of the molecule is COc1ccc(O)c(/C=N/NC(=S)Cc2ccccc2)c1. The standard InChI is InChI=1S/C16H16N2O2S/c1-20-14-7-8-15(19)13(10-14)11-17-18-16(21)9-12-5-3-2-4-6-12/h2-8,10-11,19H,9H2,1H3,(H,18,21)/b17-11+. The van der Waals surface area contributed by atoms with E-state index in [0.29, 0.717) is 22.7 Å².